The Bertz CT molecular complexity index is 1120. The average molecular weight is 404 g/mol. The van der Waals surface area contributed by atoms with Gasteiger partial charge in [-0.3, -0.25) is 0 Å². The number of hydrogen-bond donors (Lipinski definition) is 0. The van der Waals surface area contributed by atoms with Crippen molar-refractivity contribution >= 4 is 22.8 Å². The van der Waals surface area contributed by atoms with Gasteiger partial charge in [0.1, 0.15) is 12.4 Å². The molecule has 0 saturated carbocycles. The Balaban J connectivity index is 1.73. The molecule has 0 spiro atoms. The number of para-hydroxylation sites is 1. The largest absolute Gasteiger partial charge is 0.482 e. The summed E-state index contributed by atoms with van der Waals surface area (Å²) in [5, 5.41) is 9.63. The lowest BCUT2D eigenvalue weighted by molar-refractivity contribution is -0.147. The maximum Gasteiger partial charge on any atom is 0.344 e. The van der Waals surface area contributed by atoms with E-state index in [2.05, 4.69) is 4.98 Å². The standard InChI is InChI=1S/C23H20N2O5/c1-3-28-23(27)22-15(2)18-6-4-5-7-19(18)25-20(22)13-30-21(26)14-29-17-10-8-16(12-24)9-11-17/h4-11H,3,13-14H2,1-2H3. The lowest BCUT2D eigenvalue weighted by Gasteiger charge is -2.14. The third-order valence-corrected chi connectivity index (χ3v) is 4.42. The Kier molecular flexibility index (Phi) is 6.60. The molecule has 0 fully saturated rings. The van der Waals surface area contributed by atoms with Crippen LogP contribution < -0.4 is 4.74 Å². The molecule has 3 rings (SSSR count). The van der Waals surface area contributed by atoms with Crippen molar-refractivity contribution in [3.8, 4) is 11.8 Å². The molecule has 0 aliphatic heterocycles. The van der Waals surface area contributed by atoms with E-state index in [1.165, 1.54) is 0 Å². The van der Waals surface area contributed by atoms with Crippen LogP contribution in [0.15, 0.2) is 48.5 Å². The Morgan fingerprint density at radius 1 is 1.07 bits per heavy atom. The molecule has 0 aliphatic rings. The number of nitriles is 1. The molecule has 0 bridgehead atoms. The number of hydrogen-bond acceptors (Lipinski definition) is 7. The van der Waals surface area contributed by atoms with Crippen LogP contribution in [0.4, 0.5) is 0 Å². The molecule has 0 amide bonds. The first-order valence-electron chi connectivity index (χ1n) is 9.37. The van der Waals surface area contributed by atoms with E-state index in [0.717, 1.165) is 10.9 Å². The van der Waals surface area contributed by atoms with Crippen molar-refractivity contribution in [2.75, 3.05) is 13.2 Å². The Hall–Kier alpha value is -3.92. The van der Waals surface area contributed by atoms with Crippen molar-refractivity contribution in [3.05, 3.63) is 70.9 Å². The minimum Gasteiger partial charge on any atom is -0.482 e. The predicted octanol–water partition coefficient (Wildman–Crippen LogP) is 3.71. The quantitative estimate of drug-likeness (QED) is 0.554. The smallest absolute Gasteiger partial charge is 0.344 e. The van der Waals surface area contributed by atoms with Crippen LogP contribution in [0.5, 0.6) is 5.75 Å². The number of benzene rings is 2. The number of esters is 2. The van der Waals surface area contributed by atoms with Crippen molar-refractivity contribution < 1.29 is 23.8 Å². The summed E-state index contributed by atoms with van der Waals surface area (Å²) < 4.78 is 15.8. The summed E-state index contributed by atoms with van der Waals surface area (Å²) in [6, 6.07) is 15.8. The minimum atomic E-state index is -0.609. The number of aromatic nitrogens is 1. The molecule has 1 aromatic heterocycles. The second kappa shape index (κ2) is 9.52. The molecule has 152 valence electrons. The third-order valence-electron chi connectivity index (χ3n) is 4.42. The maximum atomic E-state index is 12.5. The molecule has 0 radical (unpaired) electrons. The summed E-state index contributed by atoms with van der Waals surface area (Å²) in [5.41, 5.74) is 2.55. The summed E-state index contributed by atoms with van der Waals surface area (Å²) in [5.74, 6) is -0.673. The van der Waals surface area contributed by atoms with Gasteiger partial charge in [0.2, 0.25) is 0 Å². The third kappa shape index (κ3) is 4.73. The molecule has 1 heterocycles. The van der Waals surface area contributed by atoms with Gasteiger partial charge in [0.05, 0.1) is 35.0 Å². The molecule has 0 atom stereocenters. The molecular formula is C23H20N2O5. The number of aryl methyl sites for hydroxylation is 1. The van der Waals surface area contributed by atoms with E-state index >= 15 is 0 Å². The zero-order chi connectivity index (χ0) is 21.5. The Labute approximate surface area is 173 Å². The van der Waals surface area contributed by atoms with Gasteiger partial charge in [-0.25, -0.2) is 14.6 Å². The fourth-order valence-corrected chi connectivity index (χ4v) is 2.98. The zero-order valence-electron chi connectivity index (χ0n) is 16.7. The van der Waals surface area contributed by atoms with Crippen LogP contribution in [-0.2, 0) is 20.9 Å². The second-order valence-electron chi connectivity index (χ2n) is 6.38. The van der Waals surface area contributed by atoms with Gasteiger partial charge >= 0.3 is 11.9 Å². The number of fused-ring (bicyclic) bond motifs is 1. The summed E-state index contributed by atoms with van der Waals surface area (Å²) >= 11 is 0. The monoisotopic (exact) mass is 404 g/mol. The van der Waals surface area contributed by atoms with Crippen molar-refractivity contribution in [1.82, 2.24) is 4.98 Å². The summed E-state index contributed by atoms with van der Waals surface area (Å²) in [6.45, 7) is 3.27. The van der Waals surface area contributed by atoms with Crippen LogP contribution >= 0.6 is 0 Å². The number of nitrogens with zero attached hydrogens (tertiary/aromatic N) is 2. The first-order valence-corrected chi connectivity index (χ1v) is 9.37. The van der Waals surface area contributed by atoms with E-state index in [9.17, 15) is 9.59 Å². The van der Waals surface area contributed by atoms with E-state index in [4.69, 9.17) is 19.5 Å². The molecule has 0 unspecified atom stereocenters. The Morgan fingerprint density at radius 3 is 2.50 bits per heavy atom. The summed E-state index contributed by atoms with van der Waals surface area (Å²) in [7, 11) is 0. The van der Waals surface area contributed by atoms with Gasteiger partial charge in [-0.05, 0) is 49.7 Å². The average Bonchev–Trinajstić information content (AvgIpc) is 2.76. The van der Waals surface area contributed by atoms with Crippen molar-refractivity contribution in [1.29, 1.82) is 5.26 Å². The van der Waals surface area contributed by atoms with Crippen LogP contribution in [-0.4, -0.2) is 30.1 Å². The molecule has 3 aromatic rings. The SMILES string of the molecule is CCOC(=O)c1c(COC(=O)COc2ccc(C#N)cc2)nc2ccccc2c1C. The van der Waals surface area contributed by atoms with Crippen LogP contribution in [0, 0.1) is 18.3 Å². The van der Waals surface area contributed by atoms with Crippen LogP contribution in [0.3, 0.4) is 0 Å². The summed E-state index contributed by atoms with van der Waals surface area (Å²) in [6.07, 6.45) is 0. The van der Waals surface area contributed by atoms with Crippen LogP contribution in [0.2, 0.25) is 0 Å². The maximum absolute atomic E-state index is 12.5. The van der Waals surface area contributed by atoms with Gasteiger partial charge in [0.25, 0.3) is 0 Å². The number of carbonyl (C=O) groups is 2. The van der Waals surface area contributed by atoms with E-state index in [1.54, 1.807) is 31.2 Å². The highest BCUT2D eigenvalue weighted by Crippen LogP contribution is 2.24. The van der Waals surface area contributed by atoms with Gasteiger partial charge in [-0.15, -0.1) is 0 Å². The van der Waals surface area contributed by atoms with Gasteiger partial charge in [-0.1, -0.05) is 18.2 Å². The number of pyridine rings is 1. The van der Waals surface area contributed by atoms with E-state index < -0.39 is 11.9 Å². The number of ether oxygens (including phenoxy) is 3. The molecule has 7 nitrogen and oxygen atoms in total. The highest BCUT2D eigenvalue weighted by molar-refractivity contribution is 5.98. The number of carbonyl (C=O) groups excluding carboxylic acids is 2. The van der Waals surface area contributed by atoms with Gasteiger partial charge < -0.3 is 14.2 Å². The second-order valence-corrected chi connectivity index (χ2v) is 6.38. The first kappa shape index (κ1) is 20.8. The fraction of sp³-hybridized carbons (Fsp3) is 0.217. The van der Waals surface area contributed by atoms with Crippen LogP contribution in [0.25, 0.3) is 10.9 Å². The Morgan fingerprint density at radius 2 is 1.80 bits per heavy atom. The van der Waals surface area contributed by atoms with E-state index in [0.29, 0.717) is 28.1 Å². The van der Waals surface area contributed by atoms with Crippen molar-refractivity contribution in [3.63, 3.8) is 0 Å². The van der Waals surface area contributed by atoms with Gasteiger partial charge in [0.15, 0.2) is 6.61 Å². The molecular weight excluding hydrogens is 384 g/mol. The fourth-order valence-electron chi connectivity index (χ4n) is 2.98. The molecule has 7 heteroatoms. The van der Waals surface area contributed by atoms with E-state index in [1.807, 2.05) is 37.3 Å². The van der Waals surface area contributed by atoms with Crippen molar-refractivity contribution in [2.24, 2.45) is 0 Å². The first-order chi connectivity index (χ1) is 14.5. The van der Waals surface area contributed by atoms with Crippen molar-refractivity contribution in [2.45, 2.75) is 20.5 Å². The molecule has 0 N–H and O–H groups in total. The highest BCUT2D eigenvalue weighted by Gasteiger charge is 2.21. The lowest BCUT2D eigenvalue weighted by Crippen LogP contribution is -2.18. The molecule has 30 heavy (non-hydrogen) atoms. The lowest BCUT2D eigenvalue weighted by atomic mass is 10.0. The normalized spacial score (nSPS) is 10.3. The minimum absolute atomic E-state index is 0.185. The predicted molar refractivity (Wildman–Crippen MR) is 109 cm³/mol. The van der Waals surface area contributed by atoms with Gasteiger partial charge in [0, 0.05) is 5.39 Å². The zero-order valence-corrected chi connectivity index (χ0v) is 16.7. The number of rotatable bonds is 7. The summed E-state index contributed by atoms with van der Waals surface area (Å²) in [4.78, 5) is 29.1. The molecule has 0 aliphatic carbocycles. The topological polar surface area (TPSA) is 98.5 Å². The molecule has 0 saturated heterocycles. The van der Waals surface area contributed by atoms with Gasteiger partial charge in [-0.2, -0.15) is 5.26 Å². The molecule has 2 aromatic carbocycles. The van der Waals surface area contributed by atoms with Crippen LogP contribution in [0.1, 0.15) is 34.1 Å². The van der Waals surface area contributed by atoms with E-state index in [-0.39, 0.29) is 19.8 Å². The highest BCUT2D eigenvalue weighted by atomic mass is 16.6.